The van der Waals surface area contributed by atoms with Crippen molar-refractivity contribution in [2.45, 2.75) is 58.5 Å². The minimum atomic E-state index is 0.124. The van der Waals surface area contributed by atoms with E-state index in [0.29, 0.717) is 12.0 Å². The fourth-order valence-corrected chi connectivity index (χ4v) is 4.10. The van der Waals surface area contributed by atoms with Gasteiger partial charge in [0, 0.05) is 29.1 Å². The molecule has 1 aromatic rings. The van der Waals surface area contributed by atoms with Crippen LogP contribution in [-0.4, -0.2) is 29.6 Å². The highest BCUT2D eigenvalue weighted by atomic mass is 79.9. The van der Waals surface area contributed by atoms with Crippen molar-refractivity contribution in [2.24, 2.45) is 11.7 Å². The zero-order valence-electron chi connectivity index (χ0n) is 13.8. The second kappa shape index (κ2) is 6.80. The van der Waals surface area contributed by atoms with Crippen LogP contribution in [0.3, 0.4) is 0 Å². The summed E-state index contributed by atoms with van der Waals surface area (Å²) in [5.41, 5.74) is 9.38. The third-order valence-corrected chi connectivity index (χ3v) is 5.22. The van der Waals surface area contributed by atoms with Gasteiger partial charge in [0.15, 0.2) is 0 Å². The molecule has 0 saturated heterocycles. The van der Waals surface area contributed by atoms with Crippen LogP contribution in [0.25, 0.3) is 0 Å². The number of fused-ring (bicyclic) bond motifs is 1. The van der Waals surface area contributed by atoms with Crippen LogP contribution in [-0.2, 0) is 12.8 Å². The van der Waals surface area contributed by atoms with Crippen molar-refractivity contribution >= 4 is 15.9 Å². The molecule has 1 aliphatic rings. The summed E-state index contributed by atoms with van der Waals surface area (Å²) in [4.78, 5) is 2.66. The Morgan fingerprint density at radius 1 is 1.24 bits per heavy atom. The van der Waals surface area contributed by atoms with E-state index in [2.05, 4.69) is 66.7 Å². The normalized spacial score (nSPS) is 22.1. The maximum absolute atomic E-state index is 6.29. The molecule has 0 bridgehead atoms. The molecule has 1 aromatic carbocycles. The molecule has 1 aliphatic carbocycles. The Bertz CT molecular complexity index is 484. The van der Waals surface area contributed by atoms with Crippen LogP contribution in [0.5, 0.6) is 0 Å². The van der Waals surface area contributed by atoms with Crippen LogP contribution in [0.1, 0.15) is 45.2 Å². The highest BCUT2D eigenvalue weighted by molar-refractivity contribution is 9.10. The molecule has 0 aliphatic heterocycles. The van der Waals surface area contributed by atoms with Crippen molar-refractivity contribution in [3.8, 4) is 0 Å². The number of nitrogens with two attached hydrogens (primary N) is 1. The lowest BCUT2D eigenvalue weighted by atomic mass is 9.76. The molecule has 3 heteroatoms. The van der Waals surface area contributed by atoms with E-state index in [-0.39, 0.29) is 5.54 Å². The Labute approximate surface area is 138 Å². The number of rotatable bonds is 5. The lowest BCUT2D eigenvalue weighted by molar-refractivity contribution is 0.0378. The van der Waals surface area contributed by atoms with E-state index in [9.17, 15) is 0 Å². The Hall–Kier alpha value is -0.380. The average Bonchev–Trinajstić information content (AvgIpc) is 2.44. The van der Waals surface area contributed by atoms with Gasteiger partial charge in [0.1, 0.15) is 0 Å². The van der Waals surface area contributed by atoms with Crippen molar-refractivity contribution in [2.75, 3.05) is 13.1 Å². The zero-order chi connectivity index (χ0) is 15.6. The molecule has 0 heterocycles. The number of benzene rings is 1. The first-order valence-corrected chi connectivity index (χ1v) is 8.91. The highest BCUT2D eigenvalue weighted by Crippen LogP contribution is 2.35. The van der Waals surface area contributed by atoms with E-state index in [1.54, 1.807) is 0 Å². The van der Waals surface area contributed by atoms with Crippen LogP contribution in [0.4, 0.5) is 0 Å². The van der Waals surface area contributed by atoms with Crippen LogP contribution >= 0.6 is 15.9 Å². The highest BCUT2D eigenvalue weighted by Gasteiger charge is 2.39. The molecule has 2 N–H and O–H groups in total. The van der Waals surface area contributed by atoms with Crippen LogP contribution in [0.15, 0.2) is 22.7 Å². The van der Waals surface area contributed by atoms with E-state index in [1.807, 2.05) is 0 Å². The predicted octanol–water partition coefficient (Wildman–Crippen LogP) is 4.00. The fourth-order valence-electron chi connectivity index (χ4n) is 3.69. The smallest absolute Gasteiger partial charge is 0.0378 e. The molecule has 0 spiro atoms. The number of hydrogen-bond donors (Lipinski definition) is 1. The second-order valence-electron chi connectivity index (χ2n) is 7.16. The molecule has 0 amide bonds. The van der Waals surface area contributed by atoms with Crippen molar-refractivity contribution in [1.82, 2.24) is 4.90 Å². The van der Waals surface area contributed by atoms with Gasteiger partial charge in [0.25, 0.3) is 0 Å². The van der Waals surface area contributed by atoms with E-state index >= 15 is 0 Å². The predicted molar refractivity (Wildman–Crippen MR) is 94.6 cm³/mol. The van der Waals surface area contributed by atoms with Crippen LogP contribution < -0.4 is 5.73 Å². The van der Waals surface area contributed by atoms with Crippen LogP contribution in [0.2, 0.25) is 0 Å². The van der Waals surface area contributed by atoms with Crippen LogP contribution in [0, 0.1) is 5.92 Å². The maximum Gasteiger partial charge on any atom is 0.0378 e. The largest absolute Gasteiger partial charge is 0.329 e. The first-order chi connectivity index (χ1) is 9.88. The van der Waals surface area contributed by atoms with Gasteiger partial charge in [-0.2, -0.15) is 0 Å². The Morgan fingerprint density at radius 3 is 2.52 bits per heavy atom. The number of aryl methyl sites for hydroxylation is 1. The molecule has 2 nitrogen and oxygen atoms in total. The van der Waals surface area contributed by atoms with Gasteiger partial charge in [-0.1, -0.05) is 35.8 Å². The SMILES string of the molecule is CC(C)CN(C(C)C)C1(CN)CCc2cc(Br)ccc2C1. The van der Waals surface area contributed by atoms with Gasteiger partial charge >= 0.3 is 0 Å². The fraction of sp³-hybridized carbons (Fsp3) is 0.667. The standard InChI is InChI=1S/C18H29BrN2/c1-13(2)11-21(14(3)4)18(12-20)8-7-15-9-17(19)6-5-16(15)10-18/h5-6,9,13-14H,7-8,10-12,20H2,1-4H3. The molecule has 0 radical (unpaired) electrons. The summed E-state index contributed by atoms with van der Waals surface area (Å²) in [5.74, 6) is 0.669. The maximum atomic E-state index is 6.29. The second-order valence-corrected chi connectivity index (χ2v) is 8.07. The number of nitrogens with zero attached hydrogens (tertiary/aromatic N) is 1. The number of halogens is 1. The van der Waals surface area contributed by atoms with Crippen molar-refractivity contribution in [1.29, 1.82) is 0 Å². The lowest BCUT2D eigenvalue weighted by Gasteiger charge is -2.49. The van der Waals surface area contributed by atoms with Crippen molar-refractivity contribution in [3.05, 3.63) is 33.8 Å². The molecule has 2 rings (SSSR count). The first-order valence-electron chi connectivity index (χ1n) is 8.12. The monoisotopic (exact) mass is 352 g/mol. The third kappa shape index (κ3) is 3.69. The molecular weight excluding hydrogens is 324 g/mol. The summed E-state index contributed by atoms with van der Waals surface area (Å²) < 4.78 is 1.18. The Kier molecular flexibility index (Phi) is 5.50. The average molecular weight is 353 g/mol. The van der Waals surface area contributed by atoms with Gasteiger partial charge in [-0.25, -0.2) is 0 Å². The Morgan fingerprint density at radius 2 is 1.95 bits per heavy atom. The molecule has 118 valence electrons. The van der Waals surface area contributed by atoms with E-state index < -0.39 is 0 Å². The first kappa shape index (κ1) is 17.0. The van der Waals surface area contributed by atoms with E-state index in [4.69, 9.17) is 5.73 Å². The lowest BCUT2D eigenvalue weighted by Crippen LogP contribution is -2.60. The van der Waals surface area contributed by atoms with Gasteiger partial charge in [0.2, 0.25) is 0 Å². The van der Waals surface area contributed by atoms with E-state index in [0.717, 1.165) is 32.4 Å². The molecular formula is C18H29BrN2. The molecule has 0 fully saturated rings. The molecule has 0 aromatic heterocycles. The van der Waals surface area contributed by atoms with Gasteiger partial charge in [-0.05, 0) is 62.3 Å². The summed E-state index contributed by atoms with van der Waals surface area (Å²) in [6.07, 6.45) is 3.38. The molecule has 21 heavy (non-hydrogen) atoms. The van der Waals surface area contributed by atoms with Gasteiger partial charge < -0.3 is 5.73 Å². The summed E-state index contributed by atoms with van der Waals surface area (Å²) in [6.45, 7) is 11.1. The third-order valence-electron chi connectivity index (χ3n) is 4.72. The quantitative estimate of drug-likeness (QED) is 0.867. The van der Waals surface area contributed by atoms with Gasteiger partial charge in [0.05, 0.1) is 0 Å². The van der Waals surface area contributed by atoms with Gasteiger partial charge in [-0.15, -0.1) is 0 Å². The summed E-state index contributed by atoms with van der Waals surface area (Å²) in [7, 11) is 0. The topological polar surface area (TPSA) is 29.3 Å². The van der Waals surface area contributed by atoms with Crippen molar-refractivity contribution in [3.63, 3.8) is 0 Å². The van der Waals surface area contributed by atoms with Gasteiger partial charge in [-0.3, -0.25) is 4.90 Å². The summed E-state index contributed by atoms with van der Waals surface area (Å²) in [6, 6.07) is 7.25. The summed E-state index contributed by atoms with van der Waals surface area (Å²) in [5, 5.41) is 0. The molecule has 1 unspecified atom stereocenters. The minimum Gasteiger partial charge on any atom is -0.329 e. The molecule has 1 atom stereocenters. The zero-order valence-corrected chi connectivity index (χ0v) is 15.4. The minimum absolute atomic E-state index is 0.124. The number of hydrogen-bond acceptors (Lipinski definition) is 2. The van der Waals surface area contributed by atoms with E-state index in [1.165, 1.54) is 15.6 Å². The molecule has 0 saturated carbocycles. The van der Waals surface area contributed by atoms with Crippen molar-refractivity contribution < 1.29 is 0 Å². The Balaban J connectivity index is 2.32. The summed E-state index contributed by atoms with van der Waals surface area (Å²) >= 11 is 3.59.